The lowest BCUT2D eigenvalue weighted by molar-refractivity contribution is 0.0936. The van der Waals surface area contributed by atoms with Gasteiger partial charge in [-0.3, -0.25) is 4.79 Å². The third-order valence-corrected chi connectivity index (χ3v) is 5.95. The SMILES string of the molecule is COc1ccc(C2(CNC(=O)c3cccc(-n4nnnc4N)c3)CCCCC2)cc1. The summed E-state index contributed by atoms with van der Waals surface area (Å²) in [6.07, 6.45) is 5.68. The number of benzene rings is 2. The normalized spacial score (nSPS) is 15.5. The van der Waals surface area contributed by atoms with Crippen molar-refractivity contribution in [1.29, 1.82) is 0 Å². The maximum absolute atomic E-state index is 12.9. The van der Waals surface area contributed by atoms with Crippen LogP contribution in [-0.4, -0.2) is 39.8 Å². The van der Waals surface area contributed by atoms with E-state index in [0.717, 1.165) is 31.4 Å². The first-order valence-electron chi connectivity index (χ1n) is 10.2. The van der Waals surface area contributed by atoms with E-state index in [1.54, 1.807) is 25.3 Å². The number of nitrogens with two attached hydrogens (primary N) is 1. The lowest BCUT2D eigenvalue weighted by atomic mass is 9.69. The van der Waals surface area contributed by atoms with Crippen molar-refractivity contribution < 1.29 is 9.53 Å². The molecule has 3 aromatic rings. The molecule has 1 aliphatic rings. The fourth-order valence-electron chi connectivity index (χ4n) is 4.25. The van der Waals surface area contributed by atoms with Gasteiger partial charge in [0.2, 0.25) is 5.95 Å². The van der Waals surface area contributed by atoms with Crippen LogP contribution in [-0.2, 0) is 5.41 Å². The van der Waals surface area contributed by atoms with E-state index >= 15 is 0 Å². The van der Waals surface area contributed by atoms with Gasteiger partial charge in [-0.25, -0.2) is 0 Å². The summed E-state index contributed by atoms with van der Waals surface area (Å²) in [5.74, 6) is 0.891. The van der Waals surface area contributed by atoms with Gasteiger partial charge in [-0.15, -0.1) is 0 Å². The molecule has 1 amide bonds. The van der Waals surface area contributed by atoms with E-state index in [1.165, 1.54) is 16.7 Å². The maximum Gasteiger partial charge on any atom is 0.251 e. The van der Waals surface area contributed by atoms with Crippen LogP contribution < -0.4 is 15.8 Å². The predicted molar refractivity (Wildman–Crippen MR) is 114 cm³/mol. The quantitative estimate of drug-likeness (QED) is 0.652. The molecule has 1 aromatic heterocycles. The summed E-state index contributed by atoms with van der Waals surface area (Å²) in [5.41, 5.74) is 8.16. The number of ether oxygens (including phenoxy) is 1. The molecule has 0 aliphatic heterocycles. The third kappa shape index (κ3) is 3.98. The van der Waals surface area contributed by atoms with Crippen molar-refractivity contribution in [2.75, 3.05) is 19.4 Å². The topological polar surface area (TPSA) is 108 Å². The van der Waals surface area contributed by atoms with Crippen LogP contribution >= 0.6 is 0 Å². The molecule has 0 spiro atoms. The number of nitrogens with zero attached hydrogens (tertiary/aromatic N) is 4. The molecule has 1 fully saturated rings. The summed E-state index contributed by atoms with van der Waals surface area (Å²) in [5, 5.41) is 14.3. The summed E-state index contributed by atoms with van der Waals surface area (Å²) in [7, 11) is 1.67. The number of hydrogen-bond donors (Lipinski definition) is 2. The van der Waals surface area contributed by atoms with E-state index in [1.807, 2.05) is 18.2 Å². The van der Waals surface area contributed by atoms with Crippen molar-refractivity contribution in [2.24, 2.45) is 0 Å². The summed E-state index contributed by atoms with van der Waals surface area (Å²) < 4.78 is 6.70. The predicted octanol–water partition coefficient (Wildman–Crippen LogP) is 2.89. The van der Waals surface area contributed by atoms with Crippen molar-refractivity contribution in [2.45, 2.75) is 37.5 Å². The number of methoxy groups -OCH3 is 1. The molecule has 8 nitrogen and oxygen atoms in total. The number of hydrogen-bond acceptors (Lipinski definition) is 6. The van der Waals surface area contributed by atoms with Crippen molar-refractivity contribution in [3.05, 3.63) is 59.7 Å². The van der Waals surface area contributed by atoms with Crippen LogP contribution in [0.3, 0.4) is 0 Å². The Balaban J connectivity index is 1.52. The lowest BCUT2D eigenvalue weighted by Gasteiger charge is -2.38. The molecule has 4 rings (SSSR count). The molecule has 1 heterocycles. The molecule has 1 aliphatic carbocycles. The van der Waals surface area contributed by atoms with Gasteiger partial charge in [-0.2, -0.15) is 4.68 Å². The van der Waals surface area contributed by atoms with Gasteiger partial charge in [0.15, 0.2) is 0 Å². The smallest absolute Gasteiger partial charge is 0.251 e. The standard InChI is InChI=1S/C22H26N6O2/c1-30-19-10-8-17(9-11-19)22(12-3-2-4-13-22)15-24-20(29)16-6-5-7-18(14-16)28-21(23)25-26-27-28/h5-11,14H,2-4,12-13,15H2,1H3,(H,24,29)(H2,23,25,27). The van der Waals surface area contributed by atoms with Gasteiger partial charge in [0, 0.05) is 17.5 Å². The first-order valence-corrected chi connectivity index (χ1v) is 10.2. The third-order valence-electron chi connectivity index (χ3n) is 5.95. The Morgan fingerprint density at radius 1 is 1.17 bits per heavy atom. The molecule has 0 bridgehead atoms. The molecule has 0 unspecified atom stereocenters. The summed E-state index contributed by atoms with van der Waals surface area (Å²) in [6, 6.07) is 15.4. The van der Waals surface area contributed by atoms with Crippen molar-refractivity contribution in [3.63, 3.8) is 0 Å². The van der Waals surface area contributed by atoms with Crippen molar-refractivity contribution >= 4 is 11.9 Å². The van der Waals surface area contributed by atoms with E-state index in [-0.39, 0.29) is 17.3 Å². The van der Waals surface area contributed by atoms with Crippen molar-refractivity contribution in [3.8, 4) is 11.4 Å². The van der Waals surface area contributed by atoms with Crippen LogP contribution in [0.15, 0.2) is 48.5 Å². The Kier molecular flexibility index (Phi) is 5.65. The average Bonchev–Trinajstić information content (AvgIpc) is 3.24. The molecule has 30 heavy (non-hydrogen) atoms. The van der Waals surface area contributed by atoms with Gasteiger partial charge >= 0.3 is 0 Å². The second-order valence-electron chi connectivity index (χ2n) is 7.75. The highest BCUT2D eigenvalue weighted by atomic mass is 16.5. The van der Waals surface area contributed by atoms with Gasteiger partial charge in [-0.1, -0.05) is 42.6 Å². The molecule has 8 heteroatoms. The molecule has 0 atom stereocenters. The first kappa shape index (κ1) is 19.9. The minimum atomic E-state index is -0.123. The van der Waals surface area contributed by atoms with Gasteiger partial charge in [0.05, 0.1) is 12.8 Å². The average molecular weight is 406 g/mol. The number of aromatic nitrogens is 4. The molecular formula is C22H26N6O2. The second-order valence-corrected chi connectivity index (χ2v) is 7.75. The number of carbonyl (C=O) groups excluding carboxylic acids is 1. The zero-order chi connectivity index (χ0) is 21.0. The number of anilines is 1. The molecule has 156 valence electrons. The maximum atomic E-state index is 12.9. The Labute approximate surface area is 175 Å². The second kappa shape index (κ2) is 8.52. The number of tetrazole rings is 1. The zero-order valence-corrected chi connectivity index (χ0v) is 17.0. The summed E-state index contributed by atoms with van der Waals surface area (Å²) in [4.78, 5) is 12.9. The van der Waals surface area contributed by atoms with Crippen LogP contribution in [0.5, 0.6) is 5.75 Å². The van der Waals surface area contributed by atoms with E-state index in [9.17, 15) is 4.79 Å². The number of carbonyl (C=O) groups is 1. The van der Waals surface area contributed by atoms with Gasteiger partial charge < -0.3 is 15.8 Å². The Bertz CT molecular complexity index is 1010. The highest BCUT2D eigenvalue weighted by Gasteiger charge is 2.34. The van der Waals surface area contributed by atoms with Crippen LogP contribution in [0.25, 0.3) is 5.69 Å². The van der Waals surface area contributed by atoms with Crippen LogP contribution in [0.1, 0.15) is 48.0 Å². The number of amides is 1. The van der Waals surface area contributed by atoms with Crippen LogP contribution in [0.2, 0.25) is 0 Å². The monoisotopic (exact) mass is 406 g/mol. The fraction of sp³-hybridized carbons (Fsp3) is 0.364. The minimum Gasteiger partial charge on any atom is -0.497 e. The van der Waals surface area contributed by atoms with Gasteiger partial charge in [-0.05, 0) is 59.2 Å². The number of nitrogen functional groups attached to an aromatic ring is 1. The summed E-state index contributed by atoms with van der Waals surface area (Å²) >= 11 is 0. The van der Waals surface area contributed by atoms with Crippen molar-refractivity contribution in [1.82, 2.24) is 25.5 Å². The zero-order valence-electron chi connectivity index (χ0n) is 17.0. The Morgan fingerprint density at radius 3 is 2.60 bits per heavy atom. The first-order chi connectivity index (χ1) is 14.6. The lowest BCUT2D eigenvalue weighted by Crippen LogP contribution is -2.42. The Hall–Kier alpha value is -3.42. The Morgan fingerprint density at radius 2 is 1.93 bits per heavy atom. The number of nitrogens with one attached hydrogen (secondary N) is 1. The summed E-state index contributed by atoms with van der Waals surface area (Å²) in [6.45, 7) is 0.593. The van der Waals surface area contributed by atoms with Crippen LogP contribution in [0.4, 0.5) is 5.95 Å². The molecule has 1 saturated carbocycles. The largest absolute Gasteiger partial charge is 0.497 e. The molecule has 0 radical (unpaired) electrons. The molecule has 2 aromatic carbocycles. The number of rotatable bonds is 6. The van der Waals surface area contributed by atoms with Crippen LogP contribution in [0, 0.1) is 0 Å². The van der Waals surface area contributed by atoms with Gasteiger partial charge in [0.1, 0.15) is 5.75 Å². The van der Waals surface area contributed by atoms with E-state index < -0.39 is 0 Å². The molecule has 3 N–H and O–H groups in total. The highest BCUT2D eigenvalue weighted by molar-refractivity contribution is 5.94. The molecule has 0 saturated heterocycles. The minimum absolute atomic E-state index is 0.0575. The molecular weight excluding hydrogens is 380 g/mol. The van der Waals surface area contributed by atoms with E-state index in [4.69, 9.17) is 10.5 Å². The highest BCUT2D eigenvalue weighted by Crippen LogP contribution is 2.39. The fourth-order valence-corrected chi connectivity index (χ4v) is 4.25. The van der Waals surface area contributed by atoms with Gasteiger partial charge in [0.25, 0.3) is 5.91 Å². The van der Waals surface area contributed by atoms with E-state index in [2.05, 4.69) is 33.0 Å². The van der Waals surface area contributed by atoms with E-state index in [0.29, 0.717) is 17.8 Å².